The van der Waals surface area contributed by atoms with E-state index in [0.29, 0.717) is 19.3 Å². The third-order valence-corrected chi connectivity index (χ3v) is 3.71. The van der Waals surface area contributed by atoms with Crippen molar-refractivity contribution in [1.29, 1.82) is 0 Å². The summed E-state index contributed by atoms with van der Waals surface area (Å²) in [4.78, 5) is 23.2. The van der Waals surface area contributed by atoms with Crippen LogP contribution in [-0.2, 0) is 16.0 Å². The molecule has 0 spiro atoms. The normalized spacial score (nSPS) is 17.9. The average Bonchev–Trinajstić information content (AvgIpc) is 2.35. The highest BCUT2D eigenvalue weighted by Gasteiger charge is 2.46. The molecule has 1 saturated carbocycles. The van der Waals surface area contributed by atoms with Gasteiger partial charge in [-0.1, -0.05) is 12.1 Å². The van der Waals surface area contributed by atoms with Crippen LogP contribution in [0.2, 0.25) is 0 Å². The van der Waals surface area contributed by atoms with E-state index in [1.165, 1.54) is 12.1 Å². The first kappa shape index (κ1) is 14.3. The predicted octanol–water partition coefficient (Wildman–Crippen LogP) is 0.385. The van der Waals surface area contributed by atoms with E-state index >= 15 is 0 Å². The van der Waals surface area contributed by atoms with Gasteiger partial charge in [0, 0.05) is 0 Å². The Morgan fingerprint density at radius 3 is 2.35 bits per heavy atom. The van der Waals surface area contributed by atoms with Crippen LogP contribution in [0.25, 0.3) is 0 Å². The van der Waals surface area contributed by atoms with Crippen LogP contribution < -0.4 is 11.1 Å². The van der Waals surface area contributed by atoms with E-state index in [1.807, 2.05) is 0 Å². The van der Waals surface area contributed by atoms with Gasteiger partial charge in [0.25, 0.3) is 0 Å². The van der Waals surface area contributed by atoms with E-state index in [-0.39, 0.29) is 5.75 Å². The summed E-state index contributed by atoms with van der Waals surface area (Å²) in [6.45, 7) is 0. The first-order valence-electron chi connectivity index (χ1n) is 6.52. The Morgan fingerprint density at radius 2 is 1.90 bits per heavy atom. The number of nitrogens with two attached hydrogens (primary N) is 1. The smallest absolute Gasteiger partial charge is 0.329 e. The zero-order valence-electron chi connectivity index (χ0n) is 11.0. The molecule has 0 heterocycles. The molecule has 1 aromatic carbocycles. The van der Waals surface area contributed by atoms with Crippen LogP contribution in [0.4, 0.5) is 0 Å². The quantitative estimate of drug-likeness (QED) is 0.622. The molecule has 6 nitrogen and oxygen atoms in total. The van der Waals surface area contributed by atoms with E-state index < -0.39 is 23.5 Å². The minimum atomic E-state index is -1.14. The fraction of sp³-hybridized carbons (Fsp3) is 0.429. The highest BCUT2D eigenvalue weighted by Crippen LogP contribution is 2.32. The molecule has 0 saturated heterocycles. The van der Waals surface area contributed by atoms with Crippen LogP contribution >= 0.6 is 0 Å². The number of carboxylic acids is 1. The molecule has 1 aromatic rings. The van der Waals surface area contributed by atoms with Crippen LogP contribution in [0.3, 0.4) is 0 Å². The van der Waals surface area contributed by atoms with Crippen molar-refractivity contribution in [2.45, 2.75) is 37.3 Å². The largest absolute Gasteiger partial charge is 0.508 e. The van der Waals surface area contributed by atoms with Crippen LogP contribution in [0, 0.1) is 0 Å². The Balaban J connectivity index is 1.95. The zero-order chi connectivity index (χ0) is 14.8. The van der Waals surface area contributed by atoms with Crippen LogP contribution in [0.1, 0.15) is 24.8 Å². The lowest BCUT2D eigenvalue weighted by Crippen LogP contribution is -2.62. The highest BCUT2D eigenvalue weighted by atomic mass is 16.4. The molecule has 0 aromatic heterocycles. The maximum atomic E-state index is 12.0. The number of amides is 1. The van der Waals surface area contributed by atoms with Gasteiger partial charge in [0.15, 0.2) is 0 Å². The molecule has 1 fully saturated rings. The van der Waals surface area contributed by atoms with Crippen molar-refractivity contribution in [3.8, 4) is 5.75 Å². The van der Waals surface area contributed by atoms with Crippen molar-refractivity contribution in [3.05, 3.63) is 29.8 Å². The van der Waals surface area contributed by atoms with Crippen molar-refractivity contribution in [2.24, 2.45) is 5.73 Å². The molecule has 1 amide bonds. The number of aromatic hydroxyl groups is 1. The van der Waals surface area contributed by atoms with E-state index in [2.05, 4.69) is 5.32 Å². The second-order valence-corrected chi connectivity index (χ2v) is 5.21. The summed E-state index contributed by atoms with van der Waals surface area (Å²) in [5.41, 5.74) is 5.48. The molecule has 0 radical (unpaired) electrons. The second-order valence-electron chi connectivity index (χ2n) is 5.21. The first-order chi connectivity index (χ1) is 9.43. The Morgan fingerprint density at radius 1 is 1.30 bits per heavy atom. The second kappa shape index (κ2) is 5.50. The maximum absolute atomic E-state index is 12.0. The standard InChI is InChI=1S/C14H18N2O4/c15-11(8-9-2-4-10(17)5-3-9)12(18)16-14(13(19)20)6-1-7-14/h2-5,11,17H,1,6-8,15H2,(H,16,18)(H,19,20)/t11-/m1/s1. The lowest BCUT2D eigenvalue weighted by Gasteiger charge is -2.38. The molecule has 1 aliphatic carbocycles. The van der Waals surface area contributed by atoms with Crippen molar-refractivity contribution in [1.82, 2.24) is 5.32 Å². The van der Waals surface area contributed by atoms with Crippen LogP contribution in [-0.4, -0.2) is 33.7 Å². The summed E-state index contributed by atoms with van der Waals surface area (Å²) in [6, 6.07) is 5.59. The van der Waals surface area contributed by atoms with Gasteiger partial charge < -0.3 is 21.3 Å². The number of hydrogen-bond donors (Lipinski definition) is 4. The van der Waals surface area contributed by atoms with Gasteiger partial charge in [-0.2, -0.15) is 0 Å². The summed E-state index contributed by atoms with van der Waals surface area (Å²) in [5, 5.41) is 20.9. The fourth-order valence-electron chi connectivity index (χ4n) is 2.23. The van der Waals surface area contributed by atoms with E-state index in [1.54, 1.807) is 12.1 Å². The fourth-order valence-corrected chi connectivity index (χ4v) is 2.23. The molecule has 1 atom stereocenters. The van der Waals surface area contributed by atoms with Crippen molar-refractivity contribution >= 4 is 11.9 Å². The van der Waals surface area contributed by atoms with Gasteiger partial charge in [-0.05, 0) is 43.4 Å². The third-order valence-electron chi connectivity index (χ3n) is 3.71. The number of carboxylic acid groups (broad SMARTS) is 1. The van der Waals surface area contributed by atoms with Crippen molar-refractivity contribution in [3.63, 3.8) is 0 Å². The molecular formula is C14H18N2O4. The van der Waals surface area contributed by atoms with E-state index in [0.717, 1.165) is 12.0 Å². The molecule has 6 heteroatoms. The predicted molar refractivity (Wildman–Crippen MR) is 72.1 cm³/mol. The summed E-state index contributed by atoms with van der Waals surface area (Å²) in [7, 11) is 0. The number of hydrogen-bond acceptors (Lipinski definition) is 4. The molecule has 1 aliphatic rings. The minimum absolute atomic E-state index is 0.145. The van der Waals surface area contributed by atoms with E-state index in [9.17, 15) is 14.7 Å². The molecule has 2 rings (SSSR count). The molecule has 108 valence electrons. The van der Waals surface area contributed by atoms with E-state index in [4.69, 9.17) is 10.8 Å². The number of rotatable bonds is 5. The summed E-state index contributed by atoms with van der Waals surface area (Å²) < 4.78 is 0. The molecule has 5 N–H and O–H groups in total. The van der Waals surface area contributed by atoms with Gasteiger partial charge in [-0.25, -0.2) is 4.79 Å². The van der Waals surface area contributed by atoms with Gasteiger partial charge >= 0.3 is 5.97 Å². The summed E-state index contributed by atoms with van der Waals surface area (Å²) in [5.74, 6) is -1.32. The summed E-state index contributed by atoms with van der Waals surface area (Å²) >= 11 is 0. The average molecular weight is 278 g/mol. The van der Waals surface area contributed by atoms with Crippen molar-refractivity contribution < 1.29 is 19.8 Å². The first-order valence-corrected chi connectivity index (χ1v) is 6.52. The van der Waals surface area contributed by atoms with Gasteiger partial charge in [-0.15, -0.1) is 0 Å². The lowest BCUT2D eigenvalue weighted by molar-refractivity contribution is -0.152. The molecule has 0 unspecified atom stereocenters. The third kappa shape index (κ3) is 2.91. The molecule has 0 bridgehead atoms. The molecule has 20 heavy (non-hydrogen) atoms. The topological polar surface area (TPSA) is 113 Å². The van der Waals surface area contributed by atoms with Gasteiger partial charge in [0.05, 0.1) is 6.04 Å². The lowest BCUT2D eigenvalue weighted by atomic mass is 9.76. The Kier molecular flexibility index (Phi) is 3.94. The number of carbonyl (C=O) groups excluding carboxylic acids is 1. The Hall–Kier alpha value is -2.08. The number of phenols is 1. The minimum Gasteiger partial charge on any atom is -0.508 e. The SMILES string of the molecule is N[C@H](Cc1ccc(O)cc1)C(=O)NC1(C(=O)O)CCC1. The Bertz CT molecular complexity index is 508. The van der Waals surface area contributed by atoms with Gasteiger partial charge in [0.2, 0.25) is 5.91 Å². The number of benzene rings is 1. The number of nitrogens with one attached hydrogen (secondary N) is 1. The maximum Gasteiger partial charge on any atom is 0.329 e. The Labute approximate surface area is 116 Å². The molecular weight excluding hydrogens is 260 g/mol. The number of carbonyl (C=O) groups is 2. The number of phenolic OH excluding ortho intramolecular Hbond substituents is 1. The molecule has 0 aliphatic heterocycles. The monoisotopic (exact) mass is 278 g/mol. The van der Waals surface area contributed by atoms with Crippen molar-refractivity contribution in [2.75, 3.05) is 0 Å². The van der Waals surface area contributed by atoms with Gasteiger partial charge in [-0.3, -0.25) is 4.79 Å². The van der Waals surface area contributed by atoms with Crippen LogP contribution in [0.5, 0.6) is 5.75 Å². The number of aliphatic carboxylic acids is 1. The highest BCUT2D eigenvalue weighted by molar-refractivity contribution is 5.90. The van der Waals surface area contributed by atoms with Crippen LogP contribution in [0.15, 0.2) is 24.3 Å². The zero-order valence-corrected chi connectivity index (χ0v) is 11.0. The van der Waals surface area contributed by atoms with Gasteiger partial charge in [0.1, 0.15) is 11.3 Å². The summed E-state index contributed by atoms with van der Waals surface area (Å²) in [6.07, 6.45) is 1.97.